The second kappa shape index (κ2) is 8.57. The van der Waals surface area contributed by atoms with Gasteiger partial charge in [0.25, 0.3) is 5.91 Å². The van der Waals surface area contributed by atoms with Crippen molar-refractivity contribution in [3.63, 3.8) is 0 Å². The Morgan fingerprint density at radius 2 is 1.81 bits per heavy atom. The minimum atomic E-state index is -0.310. The summed E-state index contributed by atoms with van der Waals surface area (Å²) in [5, 5.41) is 6.29. The number of benzene rings is 2. The summed E-state index contributed by atoms with van der Waals surface area (Å²) in [6, 6.07) is 15.8. The first-order chi connectivity index (χ1) is 15.0. The van der Waals surface area contributed by atoms with Crippen LogP contribution in [-0.4, -0.2) is 28.4 Å². The van der Waals surface area contributed by atoms with Crippen LogP contribution in [0.3, 0.4) is 0 Å². The van der Waals surface area contributed by atoms with Gasteiger partial charge in [-0.3, -0.25) is 9.20 Å². The Hall–Kier alpha value is -3.71. The third-order valence-electron chi connectivity index (χ3n) is 5.16. The van der Waals surface area contributed by atoms with Crippen LogP contribution in [0.15, 0.2) is 60.8 Å². The predicted molar refractivity (Wildman–Crippen MR) is 121 cm³/mol. The maximum absolute atomic E-state index is 13.5. The molecule has 6 nitrogen and oxygen atoms in total. The summed E-state index contributed by atoms with van der Waals surface area (Å²) in [6.45, 7) is 4.85. The summed E-state index contributed by atoms with van der Waals surface area (Å²) in [5.41, 5.74) is 11.2. The second-order valence-electron chi connectivity index (χ2n) is 7.40. The minimum absolute atomic E-state index is 0.205. The van der Waals surface area contributed by atoms with Crippen LogP contribution in [0, 0.1) is 19.7 Å². The maximum atomic E-state index is 13.5. The lowest BCUT2D eigenvalue weighted by Gasteiger charge is -2.14. The average Bonchev–Trinajstić information content (AvgIpc) is 3.12. The highest BCUT2D eigenvalue weighted by Gasteiger charge is 2.17. The van der Waals surface area contributed by atoms with E-state index in [-0.39, 0.29) is 11.7 Å². The summed E-state index contributed by atoms with van der Waals surface area (Å²) in [4.78, 5) is 17.1. The molecule has 4 aromatic rings. The Morgan fingerprint density at radius 3 is 2.48 bits per heavy atom. The average molecular weight is 417 g/mol. The van der Waals surface area contributed by atoms with Gasteiger partial charge in [0.15, 0.2) is 0 Å². The predicted octanol–water partition coefficient (Wildman–Crippen LogP) is 4.19. The zero-order chi connectivity index (χ0) is 22.0. The highest BCUT2D eigenvalue weighted by molar-refractivity contribution is 5.95. The highest BCUT2D eigenvalue weighted by atomic mass is 19.1. The van der Waals surface area contributed by atoms with E-state index >= 15 is 0 Å². The molecule has 2 aromatic heterocycles. The molecule has 0 aliphatic carbocycles. The number of anilines is 2. The second-order valence-corrected chi connectivity index (χ2v) is 7.40. The monoisotopic (exact) mass is 417 g/mol. The number of rotatable bonds is 6. The first kappa shape index (κ1) is 20.6. The Balaban J connectivity index is 1.85. The maximum Gasteiger partial charge on any atom is 0.251 e. The van der Waals surface area contributed by atoms with Crippen molar-refractivity contribution in [3.05, 3.63) is 83.3 Å². The van der Waals surface area contributed by atoms with Gasteiger partial charge in [-0.2, -0.15) is 0 Å². The topological polar surface area (TPSA) is 84.5 Å². The van der Waals surface area contributed by atoms with E-state index < -0.39 is 0 Å². The number of carbonyl (C=O) groups excluding carboxylic acids is 1. The van der Waals surface area contributed by atoms with E-state index in [2.05, 4.69) is 10.6 Å². The van der Waals surface area contributed by atoms with Gasteiger partial charge >= 0.3 is 0 Å². The quantitative estimate of drug-likeness (QED) is 0.439. The van der Waals surface area contributed by atoms with Crippen molar-refractivity contribution in [2.75, 3.05) is 18.4 Å². The number of fused-ring (bicyclic) bond motifs is 1. The van der Waals surface area contributed by atoms with Crippen LogP contribution in [0.25, 0.3) is 16.9 Å². The van der Waals surface area contributed by atoms with Crippen LogP contribution in [-0.2, 0) is 0 Å². The molecule has 2 aromatic carbocycles. The third-order valence-corrected chi connectivity index (χ3v) is 5.16. The largest absolute Gasteiger partial charge is 0.351 e. The van der Waals surface area contributed by atoms with Crippen LogP contribution in [0.5, 0.6) is 0 Å². The normalized spacial score (nSPS) is 11.0. The number of nitrogens with one attached hydrogen (secondary N) is 2. The molecule has 2 heterocycles. The van der Waals surface area contributed by atoms with Gasteiger partial charge in [-0.1, -0.05) is 18.2 Å². The van der Waals surface area contributed by atoms with E-state index in [1.165, 1.54) is 12.1 Å². The Morgan fingerprint density at radius 1 is 1.10 bits per heavy atom. The van der Waals surface area contributed by atoms with Crippen LogP contribution in [0.2, 0.25) is 0 Å². The van der Waals surface area contributed by atoms with E-state index in [9.17, 15) is 9.18 Å². The number of carbonyl (C=O) groups is 1. The molecular formula is C24H24FN5O. The summed E-state index contributed by atoms with van der Waals surface area (Å²) in [6.07, 6.45) is 1.81. The first-order valence-corrected chi connectivity index (χ1v) is 10.1. The molecule has 0 atom stereocenters. The van der Waals surface area contributed by atoms with Crippen molar-refractivity contribution < 1.29 is 9.18 Å². The molecule has 4 rings (SSSR count). The van der Waals surface area contributed by atoms with Crippen molar-refractivity contribution in [3.8, 4) is 11.3 Å². The molecule has 1 amide bonds. The smallest absolute Gasteiger partial charge is 0.251 e. The van der Waals surface area contributed by atoms with Crippen LogP contribution in [0.1, 0.15) is 21.5 Å². The van der Waals surface area contributed by atoms with Gasteiger partial charge < -0.3 is 16.4 Å². The van der Waals surface area contributed by atoms with Gasteiger partial charge in [-0.25, -0.2) is 9.37 Å². The molecule has 158 valence electrons. The number of imidazole rings is 1. The van der Waals surface area contributed by atoms with Gasteiger partial charge in [0.1, 0.15) is 23.0 Å². The lowest BCUT2D eigenvalue weighted by Crippen LogP contribution is -2.29. The number of hydrogen-bond donors (Lipinski definition) is 3. The number of aryl methyl sites for hydroxylation is 2. The zero-order valence-corrected chi connectivity index (χ0v) is 17.4. The van der Waals surface area contributed by atoms with Crippen molar-refractivity contribution in [2.24, 2.45) is 5.73 Å². The molecule has 0 saturated heterocycles. The third kappa shape index (κ3) is 4.13. The fourth-order valence-electron chi connectivity index (χ4n) is 3.53. The standard InChI is InChI=1S/C24H24FN5O/c1-15-4-3-5-16(2)21(15)29-23-22(17-6-8-19(25)9-7-17)28-20-14-18(10-13-30(20)23)24(31)27-12-11-26/h3-10,13-14,29H,11-12,26H2,1-2H3,(H,27,31). The van der Waals surface area contributed by atoms with E-state index in [0.717, 1.165) is 28.2 Å². The number of pyridine rings is 1. The summed E-state index contributed by atoms with van der Waals surface area (Å²) in [5.74, 6) is 0.229. The van der Waals surface area contributed by atoms with Crippen LogP contribution >= 0.6 is 0 Å². The Labute approximate surface area is 179 Å². The fraction of sp³-hybridized carbons (Fsp3) is 0.167. The van der Waals surface area contributed by atoms with Crippen molar-refractivity contribution in [1.82, 2.24) is 14.7 Å². The number of nitrogens with zero attached hydrogens (tertiary/aromatic N) is 2. The first-order valence-electron chi connectivity index (χ1n) is 10.1. The van der Waals surface area contributed by atoms with E-state index in [0.29, 0.717) is 30.0 Å². The molecule has 0 saturated carbocycles. The van der Waals surface area contributed by atoms with Gasteiger partial charge in [-0.15, -0.1) is 0 Å². The number of nitrogens with two attached hydrogens (primary N) is 1. The zero-order valence-electron chi connectivity index (χ0n) is 17.4. The van der Waals surface area contributed by atoms with Gasteiger partial charge in [-0.05, 0) is 61.4 Å². The lowest BCUT2D eigenvalue weighted by molar-refractivity contribution is 0.0954. The Bertz CT molecular complexity index is 1230. The minimum Gasteiger partial charge on any atom is -0.351 e. The van der Waals surface area contributed by atoms with Gasteiger partial charge in [0, 0.05) is 36.1 Å². The number of para-hydroxylation sites is 1. The van der Waals surface area contributed by atoms with Crippen LogP contribution in [0.4, 0.5) is 15.9 Å². The van der Waals surface area contributed by atoms with Crippen molar-refractivity contribution in [2.45, 2.75) is 13.8 Å². The molecule has 0 aliphatic rings. The van der Waals surface area contributed by atoms with E-state index in [1.54, 1.807) is 24.3 Å². The van der Waals surface area contributed by atoms with Crippen molar-refractivity contribution >= 4 is 23.1 Å². The number of halogens is 1. The lowest BCUT2D eigenvalue weighted by atomic mass is 10.1. The number of amides is 1. The molecule has 0 aliphatic heterocycles. The van der Waals surface area contributed by atoms with Gasteiger partial charge in [0.2, 0.25) is 0 Å². The molecule has 7 heteroatoms. The number of hydrogen-bond acceptors (Lipinski definition) is 4. The summed E-state index contributed by atoms with van der Waals surface area (Å²) in [7, 11) is 0. The molecule has 0 radical (unpaired) electrons. The summed E-state index contributed by atoms with van der Waals surface area (Å²) >= 11 is 0. The van der Waals surface area contributed by atoms with E-state index in [4.69, 9.17) is 10.7 Å². The molecule has 4 N–H and O–H groups in total. The van der Waals surface area contributed by atoms with E-state index in [1.807, 2.05) is 42.6 Å². The molecule has 0 unspecified atom stereocenters. The molecular weight excluding hydrogens is 393 g/mol. The SMILES string of the molecule is Cc1cccc(C)c1Nc1c(-c2ccc(F)cc2)nc2cc(C(=O)NCCN)ccn12. The molecule has 0 fully saturated rings. The fourth-order valence-corrected chi connectivity index (χ4v) is 3.53. The molecule has 0 spiro atoms. The van der Waals surface area contributed by atoms with Crippen LogP contribution < -0.4 is 16.4 Å². The summed E-state index contributed by atoms with van der Waals surface area (Å²) < 4.78 is 15.4. The molecule has 0 bridgehead atoms. The highest BCUT2D eigenvalue weighted by Crippen LogP contribution is 2.33. The molecule has 31 heavy (non-hydrogen) atoms. The van der Waals surface area contributed by atoms with Gasteiger partial charge in [0.05, 0.1) is 0 Å². The van der Waals surface area contributed by atoms with Crippen molar-refractivity contribution in [1.29, 1.82) is 0 Å². The number of aromatic nitrogens is 2. The Kier molecular flexibility index (Phi) is 5.68.